The Kier molecular flexibility index (Phi) is 14.4. The molecule has 29 heavy (non-hydrogen) atoms. The molecule has 1 unspecified atom stereocenters. The number of allylic oxidation sites excluding steroid dienone is 2. The summed E-state index contributed by atoms with van der Waals surface area (Å²) in [5.41, 5.74) is 2.50. The standard InChI is InChI=1S/C26H38O3/c1-3-4-5-6-7-10-20-26(29-23(2)28)21-14-13-19-25-18-12-11-17-24(25)16-9-8-15-22-27/h11-14,17-19,21-22,26H,3-10,15-16,20H2,1-2H3. The Hall–Kier alpha value is -2.16. The van der Waals surface area contributed by atoms with Crippen molar-refractivity contribution in [3.63, 3.8) is 0 Å². The zero-order valence-corrected chi connectivity index (χ0v) is 18.3. The summed E-state index contributed by atoms with van der Waals surface area (Å²) in [6.45, 7) is 3.69. The van der Waals surface area contributed by atoms with Gasteiger partial charge in [-0.15, -0.1) is 0 Å². The van der Waals surface area contributed by atoms with Crippen LogP contribution in [0.25, 0.3) is 6.08 Å². The molecule has 0 N–H and O–H groups in total. The summed E-state index contributed by atoms with van der Waals surface area (Å²) < 4.78 is 5.44. The van der Waals surface area contributed by atoms with E-state index in [-0.39, 0.29) is 12.1 Å². The summed E-state index contributed by atoms with van der Waals surface area (Å²) in [5.74, 6) is -0.227. The van der Waals surface area contributed by atoms with Crippen molar-refractivity contribution in [2.24, 2.45) is 0 Å². The van der Waals surface area contributed by atoms with Crippen molar-refractivity contribution in [2.45, 2.75) is 90.6 Å². The minimum absolute atomic E-state index is 0.151. The zero-order valence-electron chi connectivity index (χ0n) is 18.3. The number of aryl methyl sites for hydroxylation is 1. The van der Waals surface area contributed by atoms with Gasteiger partial charge in [0.1, 0.15) is 12.4 Å². The van der Waals surface area contributed by atoms with Gasteiger partial charge in [0.05, 0.1) is 0 Å². The molecular weight excluding hydrogens is 360 g/mol. The molecule has 1 atom stereocenters. The van der Waals surface area contributed by atoms with Crippen LogP contribution in [0.4, 0.5) is 0 Å². The van der Waals surface area contributed by atoms with Crippen LogP contribution >= 0.6 is 0 Å². The molecule has 0 aliphatic carbocycles. The van der Waals surface area contributed by atoms with Gasteiger partial charge in [0.2, 0.25) is 0 Å². The third-order valence-corrected chi connectivity index (χ3v) is 4.95. The lowest BCUT2D eigenvalue weighted by molar-refractivity contribution is -0.144. The monoisotopic (exact) mass is 398 g/mol. The summed E-state index contributed by atoms with van der Waals surface area (Å²) in [6.07, 6.45) is 20.7. The number of rotatable bonds is 16. The van der Waals surface area contributed by atoms with E-state index in [2.05, 4.69) is 31.2 Å². The fourth-order valence-corrected chi connectivity index (χ4v) is 3.35. The second-order valence-electron chi connectivity index (χ2n) is 7.56. The minimum Gasteiger partial charge on any atom is -0.458 e. The molecule has 0 saturated carbocycles. The smallest absolute Gasteiger partial charge is 0.303 e. The molecule has 0 spiro atoms. The van der Waals surface area contributed by atoms with Crippen LogP contribution in [0.5, 0.6) is 0 Å². The van der Waals surface area contributed by atoms with E-state index in [4.69, 9.17) is 4.74 Å². The Balaban J connectivity index is 2.54. The highest BCUT2D eigenvalue weighted by Gasteiger charge is 2.07. The molecule has 0 radical (unpaired) electrons. The maximum atomic E-state index is 11.4. The average molecular weight is 399 g/mol. The van der Waals surface area contributed by atoms with Gasteiger partial charge in [-0.1, -0.05) is 81.5 Å². The number of carbonyl (C=O) groups excluding carboxylic acids is 2. The van der Waals surface area contributed by atoms with E-state index in [0.29, 0.717) is 6.42 Å². The van der Waals surface area contributed by atoms with Gasteiger partial charge in [0.25, 0.3) is 0 Å². The Labute approximate surface area is 177 Å². The second kappa shape index (κ2) is 16.8. The average Bonchev–Trinajstić information content (AvgIpc) is 2.71. The van der Waals surface area contributed by atoms with Gasteiger partial charge in [-0.25, -0.2) is 0 Å². The first-order valence-electron chi connectivity index (χ1n) is 11.2. The summed E-state index contributed by atoms with van der Waals surface area (Å²) in [6, 6.07) is 8.35. The van der Waals surface area contributed by atoms with Crippen LogP contribution in [-0.2, 0) is 20.7 Å². The van der Waals surface area contributed by atoms with Crippen LogP contribution in [0.2, 0.25) is 0 Å². The molecule has 0 amide bonds. The highest BCUT2D eigenvalue weighted by atomic mass is 16.5. The van der Waals surface area contributed by atoms with Crippen LogP contribution in [0.1, 0.15) is 89.2 Å². The van der Waals surface area contributed by atoms with Gasteiger partial charge in [0, 0.05) is 13.3 Å². The second-order valence-corrected chi connectivity index (χ2v) is 7.56. The quantitative estimate of drug-likeness (QED) is 0.132. The summed E-state index contributed by atoms with van der Waals surface area (Å²) in [5, 5.41) is 0. The highest BCUT2D eigenvalue weighted by Crippen LogP contribution is 2.15. The van der Waals surface area contributed by atoms with E-state index < -0.39 is 0 Å². The predicted molar refractivity (Wildman–Crippen MR) is 122 cm³/mol. The minimum atomic E-state index is -0.227. The lowest BCUT2D eigenvalue weighted by atomic mass is 10.0. The summed E-state index contributed by atoms with van der Waals surface area (Å²) in [7, 11) is 0. The molecule has 0 heterocycles. The zero-order chi connectivity index (χ0) is 21.2. The van der Waals surface area contributed by atoms with E-state index in [9.17, 15) is 9.59 Å². The van der Waals surface area contributed by atoms with Crippen LogP contribution in [-0.4, -0.2) is 18.4 Å². The van der Waals surface area contributed by atoms with Crippen molar-refractivity contribution in [1.29, 1.82) is 0 Å². The molecule has 1 aromatic carbocycles. The molecule has 1 aromatic rings. The van der Waals surface area contributed by atoms with Crippen molar-refractivity contribution in [2.75, 3.05) is 0 Å². The van der Waals surface area contributed by atoms with Crippen molar-refractivity contribution < 1.29 is 14.3 Å². The van der Waals surface area contributed by atoms with Crippen LogP contribution in [0.15, 0.2) is 42.5 Å². The molecule has 3 nitrogen and oxygen atoms in total. The first-order valence-corrected chi connectivity index (χ1v) is 11.2. The first kappa shape index (κ1) is 24.9. The molecule has 0 aromatic heterocycles. The van der Waals surface area contributed by atoms with Gasteiger partial charge in [-0.05, 0) is 49.3 Å². The molecule has 3 heteroatoms. The first-order chi connectivity index (χ1) is 14.2. The van der Waals surface area contributed by atoms with Gasteiger partial charge >= 0.3 is 5.97 Å². The summed E-state index contributed by atoms with van der Waals surface area (Å²) >= 11 is 0. The maximum absolute atomic E-state index is 11.4. The van der Waals surface area contributed by atoms with Crippen molar-refractivity contribution in [3.05, 3.63) is 53.6 Å². The van der Waals surface area contributed by atoms with Crippen molar-refractivity contribution in [3.8, 4) is 0 Å². The number of esters is 1. The Bertz CT molecular complexity index is 631. The number of carbonyl (C=O) groups is 2. The Morgan fingerprint density at radius 3 is 2.52 bits per heavy atom. The summed E-state index contributed by atoms with van der Waals surface area (Å²) in [4.78, 5) is 21.8. The Morgan fingerprint density at radius 2 is 1.76 bits per heavy atom. The molecule has 0 aliphatic heterocycles. The van der Waals surface area contributed by atoms with Gasteiger partial charge in [-0.2, -0.15) is 0 Å². The SMILES string of the molecule is CCCCCCCCC(C=CC=Cc1ccccc1CCCCC=O)OC(C)=O. The van der Waals surface area contributed by atoms with Gasteiger partial charge in [0.15, 0.2) is 0 Å². The van der Waals surface area contributed by atoms with E-state index in [1.54, 1.807) is 0 Å². The van der Waals surface area contributed by atoms with E-state index in [1.165, 1.54) is 50.2 Å². The van der Waals surface area contributed by atoms with Gasteiger partial charge < -0.3 is 9.53 Å². The molecule has 0 saturated heterocycles. The molecular formula is C26H38O3. The third-order valence-electron chi connectivity index (χ3n) is 4.95. The van der Waals surface area contributed by atoms with Crippen molar-refractivity contribution >= 4 is 18.3 Å². The Morgan fingerprint density at radius 1 is 1.00 bits per heavy atom. The number of unbranched alkanes of at least 4 members (excludes halogenated alkanes) is 7. The third kappa shape index (κ3) is 12.8. The largest absolute Gasteiger partial charge is 0.458 e. The maximum Gasteiger partial charge on any atom is 0.303 e. The van der Waals surface area contributed by atoms with E-state index in [0.717, 1.165) is 38.4 Å². The van der Waals surface area contributed by atoms with Crippen LogP contribution in [0.3, 0.4) is 0 Å². The highest BCUT2D eigenvalue weighted by molar-refractivity contribution is 5.66. The lowest BCUT2D eigenvalue weighted by Crippen LogP contribution is -2.13. The number of hydrogen-bond donors (Lipinski definition) is 0. The fraction of sp³-hybridized carbons (Fsp3) is 0.538. The van der Waals surface area contributed by atoms with Crippen LogP contribution < -0.4 is 0 Å². The number of aldehydes is 1. The topological polar surface area (TPSA) is 43.4 Å². The lowest BCUT2D eigenvalue weighted by Gasteiger charge is -2.12. The fourth-order valence-electron chi connectivity index (χ4n) is 3.35. The van der Waals surface area contributed by atoms with Crippen LogP contribution in [0, 0.1) is 0 Å². The number of hydrogen-bond acceptors (Lipinski definition) is 3. The van der Waals surface area contributed by atoms with Crippen molar-refractivity contribution in [1.82, 2.24) is 0 Å². The predicted octanol–water partition coefficient (Wildman–Crippen LogP) is 6.85. The number of ether oxygens (including phenoxy) is 1. The molecule has 0 bridgehead atoms. The molecule has 0 aliphatic rings. The van der Waals surface area contributed by atoms with Gasteiger partial charge in [-0.3, -0.25) is 4.79 Å². The van der Waals surface area contributed by atoms with E-state index >= 15 is 0 Å². The molecule has 0 fully saturated rings. The number of benzene rings is 1. The molecule has 160 valence electrons. The normalized spacial score (nSPS) is 12.5. The van der Waals surface area contributed by atoms with E-state index in [1.807, 2.05) is 24.3 Å². The molecule has 1 rings (SSSR count).